The van der Waals surface area contributed by atoms with E-state index >= 15 is 0 Å². The van der Waals surface area contributed by atoms with Gasteiger partial charge in [0.25, 0.3) is 5.89 Å². The fourth-order valence-electron chi connectivity index (χ4n) is 4.48. The number of benzene rings is 1. The maximum absolute atomic E-state index is 13.5. The zero-order valence-corrected chi connectivity index (χ0v) is 22.8. The molecule has 1 saturated heterocycles. The topological polar surface area (TPSA) is 153 Å². The molecule has 2 aromatic rings. The Bertz CT molecular complexity index is 1300. The van der Waals surface area contributed by atoms with Gasteiger partial charge in [-0.2, -0.15) is 4.68 Å². The highest BCUT2D eigenvalue weighted by molar-refractivity contribution is 6.00. The first-order chi connectivity index (χ1) is 18.3. The number of likely N-dealkylation sites (tertiary alicyclic amines) is 1. The second kappa shape index (κ2) is 12.2. The molecule has 3 amide bonds. The molecule has 212 valence electrons. The highest BCUT2D eigenvalue weighted by atomic mass is 19.1. The van der Waals surface area contributed by atoms with Gasteiger partial charge in [0.05, 0.1) is 18.8 Å². The number of carbonyl (C=O) groups is 4. The van der Waals surface area contributed by atoms with Gasteiger partial charge in [0.1, 0.15) is 17.9 Å². The van der Waals surface area contributed by atoms with E-state index in [-0.39, 0.29) is 11.6 Å². The van der Waals surface area contributed by atoms with Crippen molar-refractivity contribution in [3.63, 3.8) is 0 Å². The largest absolute Gasteiger partial charge is 0.453 e. The number of rotatable bonds is 9. The third-order valence-corrected chi connectivity index (χ3v) is 6.62. The monoisotopic (exact) mass is 547 g/mol. The average Bonchev–Trinajstić information content (AvgIpc) is 3.51. The van der Waals surface area contributed by atoms with Crippen LogP contribution in [-0.4, -0.2) is 70.2 Å². The Labute approximate surface area is 224 Å². The minimum absolute atomic E-state index is 0.245. The summed E-state index contributed by atoms with van der Waals surface area (Å²) in [7, 11) is 1.19. The summed E-state index contributed by atoms with van der Waals surface area (Å²) in [4.78, 5) is 65.5. The van der Waals surface area contributed by atoms with Crippen LogP contribution in [0.15, 0.2) is 27.4 Å². The lowest BCUT2D eigenvalue weighted by atomic mass is 9.98. The number of hydrogen-bond donors (Lipinski definition) is 2. The van der Waals surface area contributed by atoms with Crippen molar-refractivity contribution >= 4 is 23.7 Å². The van der Waals surface area contributed by atoms with Gasteiger partial charge in [-0.1, -0.05) is 27.7 Å². The molecule has 39 heavy (non-hydrogen) atoms. The van der Waals surface area contributed by atoms with Crippen LogP contribution in [0.5, 0.6) is 0 Å². The smallest absolute Gasteiger partial charge is 0.442 e. The van der Waals surface area contributed by atoms with Crippen molar-refractivity contribution in [2.24, 2.45) is 11.8 Å². The Balaban J connectivity index is 1.81. The molecule has 1 aliphatic rings. The number of halogens is 1. The summed E-state index contributed by atoms with van der Waals surface area (Å²) in [5.74, 6) is -4.33. The molecule has 0 spiro atoms. The number of ketones is 1. The van der Waals surface area contributed by atoms with Gasteiger partial charge in [0.2, 0.25) is 17.6 Å². The molecule has 0 radical (unpaired) electrons. The molecule has 1 aromatic carbocycles. The number of hydrogen-bond acceptors (Lipinski definition) is 8. The van der Waals surface area contributed by atoms with Crippen molar-refractivity contribution in [1.29, 1.82) is 0 Å². The lowest BCUT2D eigenvalue weighted by molar-refractivity contribution is -0.141. The lowest BCUT2D eigenvalue weighted by Crippen LogP contribution is -2.57. The van der Waals surface area contributed by atoms with Crippen molar-refractivity contribution in [3.8, 4) is 5.69 Å². The summed E-state index contributed by atoms with van der Waals surface area (Å²) in [5.41, 5.74) is 0.653. The molecule has 0 unspecified atom stereocenters. The van der Waals surface area contributed by atoms with Gasteiger partial charge in [0.15, 0.2) is 0 Å². The van der Waals surface area contributed by atoms with E-state index < -0.39 is 65.2 Å². The first-order valence-corrected chi connectivity index (χ1v) is 12.7. The van der Waals surface area contributed by atoms with Crippen molar-refractivity contribution in [2.75, 3.05) is 13.7 Å². The van der Waals surface area contributed by atoms with Crippen LogP contribution < -0.4 is 16.4 Å². The molecule has 0 bridgehead atoms. The van der Waals surface area contributed by atoms with E-state index in [1.165, 1.54) is 24.1 Å². The van der Waals surface area contributed by atoms with Crippen LogP contribution in [0.2, 0.25) is 0 Å². The maximum atomic E-state index is 13.5. The number of ether oxygens (including phenoxy) is 1. The van der Waals surface area contributed by atoms with E-state index in [1.807, 2.05) is 0 Å². The van der Waals surface area contributed by atoms with Gasteiger partial charge in [0, 0.05) is 6.54 Å². The number of aryl methyl sites for hydroxylation is 1. The fraction of sp³-hybridized carbons (Fsp3) is 0.538. The minimum atomic E-state index is -1.11. The molecule has 1 aliphatic heterocycles. The molecule has 12 nitrogen and oxygen atoms in total. The van der Waals surface area contributed by atoms with Crippen LogP contribution >= 0.6 is 0 Å². The maximum Gasteiger partial charge on any atom is 0.442 e. The van der Waals surface area contributed by atoms with Crippen molar-refractivity contribution in [2.45, 2.75) is 65.6 Å². The lowest BCUT2D eigenvalue weighted by Gasteiger charge is -2.31. The summed E-state index contributed by atoms with van der Waals surface area (Å²) in [6.45, 7) is 8.81. The van der Waals surface area contributed by atoms with Crippen molar-refractivity contribution < 1.29 is 32.7 Å². The van der Waals surface area contributed by atoms with Crippen LogP contribution in [0.3, 0.4) is 0 Å². The third-order valence-electron chi connectivity index (χ3n) is 6.62. The fourth-order valence-corrected chi connectivity index (χ4v) is 4.48. The summed E-state index contributed by atoms with van der Waals surface area (Å²) >= 11 is 0. The van der Waals surface area contributed by atoms with E-state index in [1.54, 1.807) is 34.6 Å². The molecular formula is C26H34FN5O7. The number of nitrogens with zero attached hydrogens (tertiary/aromatic N) is 3. The first-order valence-electron chi connectivity index (χ1n) is 12.7. The molecule has 1 fully saturated rings. The summed E-state index contributed by atoms with van der Waals surface area (Å²) in [6, 6.07) is 0.843. The van der Waals surface area contributed by atoms with E-state index in [9.17, 15) is 28.4 Å². The number of amides is 3. The second-order valence-corrected chi connectivity index (χ2v) is 10.2. The molecule has 1 aromatic heterocycles. The van der Waals surface area contributed by atoms with Crippen molar-refractivity contribution in [3.05, 3.63) is 46.0 Å². The number of Topliss-reactive ketones (excluding diaryl/α,β-unsaturated/α-hetero) is 1. The summed E-state index contributed by atoms with van der Waals surface area (Å²) in [5, 5.41) is 9.21. The Morgan fingerprint density at radius 1 is 1.10 bits per heavy atom. The van der Waals surface area contributed by atoms with Crippen molar-refractivity contribution in [1.82, 2.24) is 25.3 Å². The predicted molar refractivity (Wildman–Crippen MR) is 137 cm³/mol. The number of aromatic nitrogens is 2. The Morgan fingerprint density at radius 3 is 2.36 bits per heavy atom. The second-order valence-electron chi connectivity index (χ2n) is 10.2. The predicted octanol–water partition coefficient (Wildman–Crippen LogP) is 1.97. The third kappa shape index (κ3) is 6.52. The van der Waals surface area contributed by atoms with Crippen LogP contribution in [0.4, 0.5) is 9.18 Å². The summed E-state index contributed by atoms with van der Waals surface area (Å²) < 4.78 is 24.1. The van der Waals surface area contributed by atoms with E-state index in [0.29, 0.717) is 24.9 Å². The standard InChI is InChI=1S/C26H34FN5O7/c1-13(2)19(21(33)23-30-32(26(37)39-23)17-10-9-16(27)12-15(17)5)28-22(34)18-8-7-11-31(18)24(35)20(14(3)4)29-25(36)38-6/h9-10,12-14,18-20H,7-8,11H2,1-6H3,(H,28,34)(H,29,36)/t18-,19-,20-/m0/s1. The average molecular weight is 548 g/mol. The SMILES string of the molecule is COC(=O)N[C@H](C(=O)N1CCC[C@H]1C(=O)N[C@H](C(=O)c1nn(-c2ccc(F)cc2C)c(=O)o1)C(C)C)C(C)C. The van der Waals surface area contributed by atoms with E-state index in [4.69, 9.17) is 4.42 Å². The molecule has 3 atom stereocenters. The van der Waals surface area contributed by atoms with Gasteiger partial charge < -0.3 is 24.7 Å². The molecule has 3 rings (SSSR count). The van der Waals surface area contributed by atoms with Crippen LogP contribution in [0.25, 0.3) is 5.69 Å². The normalized spacial score (nSPS) is 16.7. The Hall–Kier alpha value is -4.03. The van der Waals surface area contributed by atoms with Gasteiger partial charge in [-0.15, -0.1) is 5.10 Å². The number of carbonyl (C=O) groups excluding carboxylic acids is 4. The molecule has 0 saturated carbocycles. The first kappa shape index (κ1) is 29.5. The molecule has 0 aliphatic carbocycles. The minimum Gasteiger partial charge on any atom is -0.453 e. The Kier molecular flexibility index (Phi) is 9.25. The highest BCUT2D eigenvalue weighted by Gasteiger charge is 2.40. The van der Waals surface area contributed by atoms with E-state index in [2.05, 4.69) is 20.5 Å². The van der Waals surface area contributed by atoms with Gasteiger partial charge in [-0.3, -0.25) is 14.4 Å². The molecule has 2 N–H and O–H groups in total. The molecular weight excluding hydrogens is 513 g/mol. The zero-order chi connectivity index (χ0) is 29.0. The molecule has 13 heteroatoms. The molecule has 2 heterocycles. The van der Waals surface area contributed by atoms with E-state index in [0.717, 1.165) is 10.7 Å². The Morgan fingerprint density at radius 2 is 1.77 bits per heavy atom. The quantitative estimate of drug-likeness (QED) is 0.452. The van der Waals surface area contributed by atoms with Crippen LogP contribution in [-0.2, 0) is 14.3 Å². The van der Waals surface area contributed by atoms with Crippen LogP contribution in [0, 0.1) is 24.6 Å². The van der Waals surface area contributed by atoms with Gasteiger partial charge in [-0.05, 0) is 55.4 Å². The number of methoxy groups -OCH3 is 1. The van der Waals surface area contributed by atoms with Gasteiger partial charge >= 0.3 is 11.8 Å². The number of alkyl carbamates (subject to hydrolysis) is 1. The van der Waals surface area contributed by atoms with Gasteiger partial charge in [-0.25, -0.2) is 14.0 Å². The number of nitrogens with one attached hydrogen (secondary N) is 2. The highest BCUT2D eigenvalue weighted by Crippen LogP contribution is 2.22. The zero-order valence-electron chi connectivity index (χ0n) is 22.8. The summed E-state index contributed by atoms with van der Waals surface area (Å²) in [6.07, 6.45) is 0.167. The van der Waals surface area contributed by atoms with Crippen LogP contribution in [0.1, 0.15) is 56.8 Å².